The Bertz CT molecular complexity index is 624. The van der Waals surface area contributed by atoms with Gasteiger partial charge in [0.25, 0.3) is 0 Å². The van der Waals surface area contributed by atoms with Gasteiger partial charge in [-0.25, -0.2) is 4.79 Å². The molecule has 0 saturated heterocycles. The molecule has 0 bridgehead atoms. The van der Waals surface area contributed by atoms with Crippen LogP contribution in [0.5, 0.6) is 0 Å². The van der Waals surface area contributed by atoms with Gasteiger partial charge in [-0.1, -0.05) is 30.3 Å². The summed E-state index contributed by atoms with van der Waals surface area (Å²) in [6.45, 7) is 4.97. The third-order valence-corrected chi connectivity index (χ3v) is 3.39. The molecule has 1 aliphatic rings. The van der Waals surface area contributed by atoms with Crippen LogP contribution in [-0.4, -0.2) is 57.3 Å². The van der Waals surface area contributed by atoms with Crippen LogP contribution >= 0.6 is 0 Å². The fourth-order valence-corrected chi connectivity index (χ4v) is 2.26. The molecule has 1 heterocycles. The van der Waals surface area contributed by atoms with Crippen molar-refractivity contribution in [3.8, 4) is 0 Å². The van der Waals surface area contributed by atoms with E-state index >= 15 is 0 Å². The van der Waals surface area contributed by atoms with E-state index in [1.54, 1.807) is 20.8 Å². The van der Waals surface area contributed by atoms with E-state index in [0.717, 1.165) is 5.56 Å². The topological polar surface area (TPSA) is 111 Å². The number of rotatable bonds is 6. The van der Waals surface area contributed by atoms with E-state index in [4.69, 9.17) is 14.3 Å². The molecule has 8 nitrogen and oxygen atoms in total. The zero-order valence-corrected chi connectivity index (χ0v) is 14.4. The molecule has 0 saturated carbocycles. The molecule has 1 aliphatic heterocycles. The number of ether oxygens (including phenoxy) is 2. The lowest BCUT2D eigenvalue weighted by Gasteiger charge is -2.21. The molecule has 0 amide bonds. The van der Waals surface area contributed by atoms with E-state index in [9.17, 15) is 20.2 Å². The molecule has 2 N–H and O–H groups in total. The Labute approximate surface area is 145 Å². The summed E-state index contributed by atoms with van der Waals surface area (Å²) in [6.07, 6.45) is -4.21. The highest BCUT2D eigenvalue weighted by Crippen LogP contribution is 2.18. The van der Waals surface area contributed by atoms with Crippen LogP contribution in [-0.2, 0) is 25.7 Å². The van der Waals surface area contributed by atoms with E-state index in [2.05, 4.69) is 0 Å². The molecule has 3 atom stereocenters. The fraction of sp³-hybridized carbons (Fsp3) is 0.529. The van der Waals surface area contributed by atoms with Gasteiger partial charge in [0, 0.05) is 0 Å². The molecule has 0 fully saturated rings. The summed E-state index contributed by atoms with van der Waals surface area (Å²) in [7, 11) is 0. The van der Waals surface area contributed by atoms with Gasteiger partial charge in [-0.2, -0.15) is 0 Å². The van der Waals surface area contributed by atoms with Gasteiger partial charge >= 0.3 is 11.7 Å². The van der Waals surface area contributed by atoms with Crippen molar-refractivity contribution in [3.05, 3.63) is 41.1 Å². The summed E-state index contributed by atoms with van der Waals surface area (Å²) in [5, 5.41) is 32.0. The molecule has 0 radical (unpaired) electrons. The van der Waals surface area contributed by atoms with Gasteiger partial charge in [0.1, 0.15) is 11.7 Å². The normalized spacial score (nSPS) is 21.8. The molecule has 8 heteroatoms. The van der Waals surface area contributed by atoms with E-state index in [1.807, 2.05) is 30.3 Å². The molecule has 1 aromatic rings. The Morgan fingerprint density at radius 1 is 1.36 bits per heavy atom. The molecule has 2 rings (SSSR count). The SMILES string of the molecule is CC(C)(C)OC(=O)C1=[N+]([O-])O[C@H]([C@H](O)COCc2ccccc2)[C@H]1O. The summed E-state index contributed by atoms with van der Waals surface area (Å²) < 4.78 is 10.4. The quantitative estimate of drug-likeness (QED) is 0.567. The van der Waals surface area contributed by atoms with Crippen molar-refractivity contribution in [2.24, 2.45) is 0 Å². The Morgan fingerprint density at radius 2 is 2.00 bits per heavy atom. The zero-order valence-electron chi connectivity index (χ0n) is 14.4. The monoisotopic (exact) mass is 353 g/mol. The standard InChI is InChI=1S/C17H23NO7/c1-17(2,3)24-16(21)13-14(20)15(25-18(13)22)12(19)10-23-9-11-7-5-4-6-8-11/h4-8,12,14-15,19-20H,9-10H2,1-3H3/t12-,14+,15-/m1/s1. The molecule has 138 valence electrons. The summed E-state index contributed by atoms with van der Waals surface area (Å²) in [4.78, 5) is 16.7. The number of esters is 1. The number of hydrogen-bond donors (Lipinski definition) is 2. The van der Waals surface area contributed by atoms with Crippen molar-refractivity contribution in [2.45, 2.75) is 51.3 Å². The van der Waals surface area contributed by atoms with Gasteiger partial charge in [0.2, 0.25) is 0 Å². The highest BCUT2D eigenvalue weighted by molar-refractivity contribution is 6.36. The summed E-state index contributed by atoms with van der Waals surface area (Å²) in [6, 6.07) is 9.31. The first-order chi connectivity index (χ1) is 11.7. The van der Waals surface area contributed by atoms with Crippen LogP contribution in [0.2, 0.25) is 0 Å². The van der Waals surface area contributed by atoms with Crippen LogP contribution in [0.4, 0.5) is 0 Å². The van der Waals surface area contributed by atoms with E-state index in [1.165, 1.54) is 0 Å². The Morgan fingerprint density at radius 3 is 2.60 bits per heavy atom. The maximum atomic E-state index is 12.0. The Hall–Kier alpha value is -2.16. The minimum Gasteiger partial charge on any atom is -0.452 e. The summed E-state index contributed by atoms with van der Waals surface area (Å²) >= 11 is 0. The second kappa shape index (κ2) is 7.81. The minimum atomic E-state index is -1.61. The number of carbonyl (C=O) groups is 1. The van der Waals surface area contributed by atoms with Gasteiger partial charge in [0.05, 0.1) is 24.2 Å². The number of aliphatic hydroxyl groups is 2. The van der Waals surface area contributed by atoms with Crippen molar-refractivity contribution in [1.29, 1.82) is 0 Å². The third kappa shape index (κ3) is 5.15. The van der Waals surface area contributed by atoms with Crippen LogP contribution in [0.25, 0.3) is 0 Å². The lowest BCUT2D eigenvalue weighted by atomic mass is 10.0. The summed E-state index contributed by atoms with van der Waals surface area (Å²) in [5.41, 5.74) is -0.517. The van der Waals surface area contributed by atoms with Crippen molar-refractivity contribution >= 4 is 11.7 Å². The van der Waals surface area contributed by atoms with Crippen LogP contribution in [0.1, 0.15) is 26.3 Å². The molecular weight excluding hydrogens is 330 g/mol. The van der Waals surface area contributed by atoms with E-state index in [0.29, 0.717) is 0 Å². The van der Waals surface area contributed by atoms with Gasteiger partial charge in [-0.3, -0.25) is 5.21 Å². The van der Waals surface area contributed by atoms with Crippen molar-refractivity contribution in [1.82, 2.24) is 0 Å². The number of hydrogen-bond acceptors (Lipinski definition) is 7. The predicted octanol–water partition coefficient (Wildman–Crippen LogP) is 0.532. The van der Waals surface area contributed by atoms with Crippen LogP contribution < -0.4 is 0 Å². The second-order valence-electron chi connectivity index (χ2n) is 6.73. The van der Waals surface area contributed by atoms with Crippen molar-refractivity contribution in [3.63, 3.8) is 0 Å². The van der Waals surface area contributed by atoms with Crippen LogP contribution in [0.15, 0.2) is 30.3 Å². The first-order valence-corrected chi connectivity index (χ1v) is 7.91. The van der Waals surface area contributed by atoms with Gasteiger partial charge in [0.15, 0.2) is 6.10 Å². The van der Waals surface area contributed by atoms with Gasteiger partial charge < -0.3 is 24.5 Å². The molecule has 0 aliphatic carbocycles. The van der Waals surface area contributed by atoms with E-state index in [-0.39, 0.29) is 18.1 Å². The van der Waals surface area contributed by atoms with Crippen LogP contribution in [0, 0.1) is 5.21 Å². The number of carbonyl (C=O) groups excluding carboxylic acids is 1. The molecule has 1 aromatic carbocycles. The first-order valence-electron chi connectivity index (χ1n) is 7.91. The van der Waals surface area contributed by atoms with E-state index < -0.39 is 35.6 Å². The average molecular weight is 353 g/mol. The van der Waals surface area contributed by atoms with Gasteiger partial charge in [-0.15, -0.1) is 0 Å². The number of aliphatic hydroxyl groups excluding tert-OH is 2. The second-order valence-corrected chi connectivity index (χ2v) is 6.73. The zero-order chi connectivity index (χ0) is 18.6. The van der Waals surface area contributed by atoms with Gasteiger partial charge in [-0.05, 0) is 26.3 Å². The molecule has 0 unspecified atom stereocenters. The minimum absolute atomic E-state index is 0.107. The molecular formula is C17H23NO7. The molecule has 25 heavy (non-hydrogen) atoms. The third-order valence-electron chi connectivity index (χ3n) is 3.39. The maximum absolute atomic E-state index is 12.0. The summed E-state index contributed by atoms with van der Waals surface area (Å²) in [5.74, 6) is -0.991. The number of benzene rings is 1. The largest absolute Gasteiger partial charge is 0.452 e. The Balaban J connectivity index is 1.90. The Kier molecular flexibility index (Phi) is 5.99. The maximum Gasteiger partial charge on any atom is 0.408 e. The molecule has 0 aromatic heterocycles. The fourth-order valence-electron chi connectivity index (χ4n) is 2.26. The lowest BCUT2D eigenvalue weighted by Crippen LogP contribution is -2.44. The smallest absolute Gasteiger partial charge is 0.408 e. The first kappa shape index (κ1) is 19.2. The average Bonchev–Trinajstić information content (AvgIpc) is 2.81. The van der Waals surface area contributed by atoms with Crippen molar-refractivity contribution in [2.75, 3.05) is 6.61 Å². The highest BCUT2D eigenvalue weighted by atomic mass is 16.9. The van der Waals surface area contributed by atoms with Crippen LogP contribution in [0.3, 0.4) is 0 Å². The van der Waals surface area contributed by atoms with Crippen molar-refractivity contribution < 1.29 is 34.2 Å². The number of nitrogens with zero attached hydrogens (tertiary/aromatic N) is 1. The predicted molar refractivity (Wildman–Crippen MR) is 87.5 cm³/mol. The lowest BCUT2D eigenvalue weighted by molar-refractivity contribution is -0.742. The molecule has 0 spiro atoms. The highest BCUT2D eigenvalue weighted by Gasteiger charge is 2.48.